The first-order chi connectivity index (χ1) is 14.9. The van der Waals surface area contributed by atoms with Crippen LogP contribution in [0.5, 0.6) is 0 Å². The van der Waals surface area contributed by atoms with E-state index in [-0.39, 0.29) is 11.8 Å². The summed E-state index contributed by atoms with van der Waals surface area (Å²) in [5.41, 5.74) is 6.64. The third kappa shape index (κ3) is 6.27. The summed E-state index contributed by atoms with van der Waals surface area (Å²) in [4.78, 5) is 36.1. The Bertz CT molecular complexity index is 1110. The van der Waals surface area contributed by atoms with Gasteiger partial charge in [-0.05, 0) is 52.6 Å². The molecule has 0 fully saturated rings. The molecular formula is C25H25N3O3. The van der Waals surface area contributed by atoms with E-state index in [1.807, 2.05) is 56.3 Å². The quantitative estimate of drug-likeness (QED) is 0.414. The van der Waals surface area contributed by atoms with Crippen LogP contribution in [-0.4, -0.2) is 17.7 Å². The lowest BCUT2D eigenvalue weighted by molar-refractivity contribution is -0.117. The molecular weight excluding hydrogens is 390 g/mol. The second-order valence-corrected chi connectivity index (χ2v) is 7.57. The Kier molecular flexibility index (Phi) is 7.17. The van der Waals surface area contributed by atoms with Crippen molar-refractivity contribution in [3.63, 3.8) is 0 Å². The van der Waals surface area contributed by atoms with E-state index in [9.17, 15) is 14.4 Å². The normalized spacial score (nSPS) is 10.9. The number of anilines is 1. The summed E-state index contributed by atoms with van der Waals surface area (Å²) in [5, 5.41) is 4.91. The molecule has 3 amide bonds. The Balaban J connectivity index is 1.53. The van der Waals surface area contributed by atoms with Crippen molar-refractivity contribution in [2.75, 3.05) is 5.32 Å². The van der Waals surface area contributed by atoms with Gasteiger partial charge >= 0.3 is 0 Å². The molecule has 158 valence electrons. The second kappa shape index (κ2) is 10.2. The van der Waals surface area contributed by atoms with Gasteiger partial charge in [0.2, 0.25) is 5.91 Å². The van der Waals surface area contributed by atoms with E-state index >= 15 is 0 Å². The highest BCUT2D eigenvalue weighted by Gasteiger charge is 2.08. The van der Waals surface area contributed by atoms with Crippen LogP contribution < -0.4 is 16.2 Å². The van der Waals surface area contributed by atoms with Gasteiger partial charge in [-0.2, -0.15) is 0 Å². The fourth-order valence-corrected chi connectivity index (χ4v) is 3.08. The van der Waals surface area contributed by atoms with Gasteiger partial charge in [0.25, 0.3) is 11.8 Å². The molecule has 3 aromatic carbocycles. The minimum Gasteiger partial charge on any atom is -0.326 e. The summed E-state index contributed by atoms with van der Waals surface area (Å²) in [5.74, 6) is -0.702. The third-order valence-electron chi connectivity index (χ3n) is 4.56. The Morgan fingerprint density at radius 2 is 1.58 bits per heavy atom. The van der Waals surface area contributed by atoms with E-state index in [1.165, 1.54) is 6.08 Å². The first-order valence-corrected chi connectivity index (χ1v) is 10.1. The van der Waals surface area contributed by atoms with E-state index in [1.54, 1.807) is 30.3 Å². The Morgan fingerprint density at radius 3 is 2.32 bits per heavy atom. The molecule has 6 nitrogen and oxygen atoms in total. The van der Waals surface area contributed by atoms with Gasteiger partial charge in [0.15, 0.2) is 0 Å². The maximum Gasteiger partial charge on any atom is 0.269 e. The fraction of sp³-hybridized carbons (Fsp3) is 0.160. The van der Waals surface area contributed by atoms with E-state index in [2.05, 4.69) is 16.2 Å². The molecule has 0 saturated carbocycles. The smallest absolute Gasteiger partial charge is 0.269 e. The van der Waals surface area contributed by atoms with Crippen LogP contribution in [0.3, 0.4) is 0 Å². The fourth-order valence-electron chi connectivity index (χ4n) is 3.08. The number of nitrogens with one attached hydrogen (secondary N) is 3. The zero-order chi connectivity index (χ0) is 22.2. The molecule has 0 aliphatic rings. The van der Waals surface area contributed by atoms with Crippen molar-refractivity contribution in [1.82, 2.24) is 10.9 Å². The highest BCUT2D eigenvalue weighted by atomic mass is 16.2. The first kappa shape index (κ1) is 21.8. The lowest BCUT2D eigenvalue weighted by Gasteiger charge is -2.09. The van der Waals surface area contributed by atoms with Crippen molar-refractivity contribution < 1.29 is 14.4 Å². The molecule has 0 unspecified atom stereocenters. The predicted molar refractivity (Wildman–Crippen MR) is 123 cm³/mol. The number of carbonyl (C=O) groups is 3. The van der Waals surface area contributed by atoms with Gasteiger partial charge in [-0.1, -0.05) is 56.3 Å². The molecule has 0 aromatic heterocycles. The number of rotatable bonds is 6. The van der Waals surface area contributed by atoms with Crippen molar-refractivity contribution in [3.8, 4) is 0 Å². The Labute approximate surface area is 181 Å². The largest absolute Gasteiger partial charge is 0.326 e. The highest BCUT2D eigenvalue weighted by molar-refractivity contribution is 6.00. The molecule has 0 bridgehead atoms. The first-order valence-electron chi connectivity index (χ1n) is 10.1. The summed E-state index contributed by atoms with van der Waals surface area (Å²) in [7, 11) is 0. The number of carbonyl (C=O) groups excluding carboxylic acids is 3. The number of hydrogen-bond donors (Lipinski definition) is 3. The predicted octanol–water partition coefficient (Wildman–Crippen LogP) is 4.30. The molecule has 3 aromatic rings. The molecule has 3 rings (SSSR count). The summed E-state index contributed by atoms with van der Waals surface area (Å²) in [6, 6.07) is 20.2. The van der Waals surface area contributed by atoms with Gasteiger partial charge in [0.1, 0.15) is 0 Å². The topological polar surface area (TPSA) is 87.3 Å². The van der Waals surface area contributed by atoms with E-state index in [0.717, 1.165) is 16.3 Å². The van der Waals surface area contributed by atoms with E-state index < -0.39 is 11.8 Å². The summed E-state index contributed by atoms with van der Waals surface area (Å²) in [6.45, 7) is 3.94. The monoisotopic (exact) mass is 415 g/mol. The number of amides is 3. The van der Waals surface area contributed by atoms with Gasteiger partial charge in [0.05, 0.1) is 0 Å². The average Bonchev–Trinajstić information content (AvgIpc) is 2.76. The van der Waals surface area contributed by atoms with Gasteiger partial charge in [-0.25, -0.2) is 0 Å². The molecule has 0 radical (unpaired) electrons. The van der Waals surface area contributed by atoms with Gasteiger partial charge in [0, 0.05) is 23.7 Å². The van der Waals surface area contributed by atoms with Gasteiger partial charge in [-0.15, -0.1) is 0 Å². The molecule has 0 aliphatic carbocycles. The maximum atomic E-state index is 12.2. The zero-order valence-corrected chi connectivity index (χ0v) is 17.5. The molecule has 0 saturated heterocycles. The number of hydrazine groups is 1. The molecule has 0 spiro atoms. The van der Waals surface area contributed by atoms with E-state index in [4.69, 9.17) is 0 Å². The Hall–Kier alpha value is -3.93. The van der Waals surface area contributed by atoms with Crippen molar-refractivity contribution in [2.45, 2.75) is 20.3 Å². The number of hydrogen-bond acceptors (Lipinski definition) is 3. The number of fused-ring (bicyclic) bond motifs is 1. The summed E-state index contributed by atoms with van der Waals surface area (Å²) < 4.78 is 0. The van der Waals surface area contributed by atoms with Gasteiger partial charge in [-0.3, -0.25) is 25.2 Å². The molecule has 3 N–H and O–H groups in total. The Morgan fingerprint density at radius 1 is 0.871 bits per heavy atom. The summed E-state index contributed by atoms with van der Waals surface area (Å²) in [6.07, 6.45) is 3.51. The van der Waals surface area contributed by atoms with Crippen LogP contribution in [0.4, 0.5) is 5.69 Å². The standard InChI is InChI=1S/C25H25N3O3/c1-17(2)16-24(30)26-21-13-10-20(11-14-21)25(31)28-27-23(29)15-12-19-8-5-7-18-6-3-4-9-22(18)19/h3-15,17H,16H2,1-2H3,(H,26,30)(H,27,29)(H,28,31)/b15-12+. The zero-order valence-electron chi connectivity index (χ0n) is 17.5. The van der Waals surface area contributed by atoms with Crippen LogP contribution in [0, 0.1) is 5.92 Å². The third-order valence-corrected chi connectivity index (χ3v) is 4.56. The summed E-state index contributed by atoms with van der Waals surface area (Å²) >= 11 is 0. The minimum atomic E-state index is -0.452. The van der Waals surface area contributed by atoms with Crippen LogP contribution >= 0.6 is 0 Å². The molecule has 0 atom stereocenters. The van der Waals surface area contributed by atoms with Gasteiger partial charge < -0.3 is 5.32 Å². The van der Waals surface area contributed by atoms with Crippen molar-refractivity contribution in [1.29, 1.82) is 0 Å². The lowest BCUT2D eigenvalue weighted by atomic mass is 10.0. The van der Waals surface area contributed by atoms with E-state index in [0.29, 0.717) is 17.7 Å². The maximum absolute atomic E-state index is 12.2. The van der Waals surface area contributed by atoms with Crippen LogP contribution in [0.2, 0.25) is 0 Å². The molecule has 0 heterocycles. The number of benzene rings is 3. The van der Waals surface area contributed by atoms with Crippen LogP contribution in [0.1, 0.15) is 36.2 Å². The van der Waals surface area contributed by atoms with Crippen LogP contribution in [-0.2, 0) is 9.59 Å². The molecule has 6 heteroatoms. The molecule has 0 aliphatic heterocycles. The van der Waals surface area contributed by atoms with Crippen molar-refractivity contribution in [3.05, 3.63) is 83.9 Å². The van der Waals surface area contributed by atoms with Crippen molar-refractivity contribution >= 4 is 40.3 Å². The minimum absolute atomic E-state index is 0.0718. The van der Waals surface area contributed by atoms with Crippen LogP contribution in [0.25, 0.3) is 16.8 Å². The van der Waals surface area contributed by atoms with Crippen LogP contribution in [0.15, 0.2) is 72.8 Å². The average molecular weight is 415 g/mol. The lowest BCUT2D eigenvalue weighted by Crippen LogP contribution is -2.40. The van der Waals surface area contributed by atoms with Crippen molar-refractivity contribution in [2.24, 2.45) is 5.92 Å². The highest BCUT2D eigenvalue weighted by Crippen LogP contribution is 2.19. The second-order valence-electron chi connectivity index (χ2n) is 7.57. The molecule has 31 heavy (non-hydrogen) atoms. The SMILES string of the molecule is CC(C)CC(=O)Nc1ccc(C(=O)NNC(=O)/C=C/c2cccc3ccccc23)cc1.